The van der Waals surface area contributed by atoms with Crippen molar-refractivity contribution in [3.05, 3.63) is 34.9 Å². The molecule has 2 heteroatoms. The number of rotatable bonds is 5. The van der Waals surface area contributed by atoms with Gasteiger partial charge in [-0.3, -0.25) is 0 Å². The average molecular weight is 401 g/mol. The predicted octanol–water partition coefficient (Wildman–Crippen LogP) is 7.95. The molecule has 1 fully saturated rings. The van der Waals surface area contributed by atoms with Crippen molar-refractivity contribution in [3.63, 3.8) is 0 Å². The minimum atomic E-state index is -1.90. The fourth-order valence-electron chi connectivity index (χ4n) is 7.39. The normalized spacial score (nSPS) is 30.6. The molecule has 0 bridgehead atoms. The van der Waals surface area contributed by atoms with Gasteiger partial charge in [0, 0.05) is 0 Å². The van der Waals surface area contributed by atoms with Crippen molar-refractivity contribution in [3.8, 4) is 0 Å². The maximum Gasteiger partial charge on any atom is 0.201 e. The lowest BCUT2D eigenvalue weighted by atomic mass is 9.53. The van der Waals surface area contributed by atoms with E-state index >= 15 is 0 Å². The zero-order valence-electron chi connectivity index (χ0n) is 20.0. The highest BCUT2D eigenvalue weighted by Gasteiger charge is 2.57. The largest absolute Gasteiger partial charge is 0.411 e. The second-order valence-corrected chi connectivity index (χ2v) is 16.6. The molecule has 2 aliphatic rings. The van der Waals surface area contributed by atoms with Crippen LogP contribution in [0.2, 0.25) is 16.6 Å². The molecule has 0 aliphatic heterocycles. The van der Waals surface area contributed by atoms with Crippen LogP contribution in [0, 0.1) is 12.8 Å². The van der Waals surface area contributed by atoms with Crippen LogP contribution in [0.5, 0.6) is 0 Å². The summed E-state index contributed by atoms with van der Waals surface area (Å²) in [5.74, 6) is 0.631. The summed E-state index contributed by atoms with van der Waals surface area (Å²) >= 11 is 0. The molecular weight excluding hydrogens is 356 g/mol. The van der Waals surface area contributed by atoms with Crippen molar-refractivity contribution in [1.82, 2.24) is 0 Å². The van der Waals surface area contributed by atoms with Gasteiger partial charge in [-0.25, -0.2) is 0 Å². The Labute approximate surface area is 175 Å². The van der Waals surface area contributed by atoms with E-state index in [4.69, 9.17) is 4.43 Å². The van der Waals surface area contributed by atoms with Crippen molar-refractivity contribution in [2.24, 2.45) is 5.92 Å². The number of hydrogen-bond donors (Lipinski definition) is 0. The van der Waals surface area contributed by atoms with Crippen LogP contribution in [0.1, 0.15) is 97.8 Å². The van der Waals surface area contributed by atoms with Gasteiger partial charge in [-0.15, -0.1) is 0 Å². The van der Waals surface area contributed by atoms with E-state index in [0.717, 1.165) is 0 Å². The van der Waals surface area contributed by atoms with Gasteiger partial charge in [-0.1, -0.05) is 72.2 Å². The smallest absolute Gasteiger partial charge is 0.201 e. The summed E-state index contributed by atoms with van der Waals surface area (Å²) in [5, 5.41) is 0. The van der Waals surface area contributed by atoms with Crippen molar-refractivity contribution < 1.29 is 4.43 Å². The lowest BCUT2D eigenvalue weighted by molar-refractivity contribution is -0.0664. The molecule has 0 aromatic heterocycles. The molecule has 0 saturated heterocycles. The first-order valence-corrected chi connectivity index (χ1v) is 13.9. The highest BCUT2D eigenvalue weighted by molar-refractivity contribution is 6.77. The summed E-state index contributed by atoms with van der Waals surface area (Å²) in [4.78, 5) is 0. The van der Waals surface area contributed by atoms with Gasteiger partial charge in [-0.05, 0) is 85.0 Å². The van der Waals surface area contributed by atoms with Crippen molar-refractivity contribution in [1.29, 1.82) is 0 Å². The summed E-state index contributed by atoms with van der Waals surface area (Å²) in [6, 6.07) is 7.19. The molecule has 3 atom stereocenters. The van der Waals surface area contributed by atoms with Crippen LogP contribution < -0.4 is 0 Å². The maximum atomic E-state index is 7.57. The second kappa shape index (κ2) is 7.58. The van der Waals surface area contributed by atoms with E-state index in [9.17, 15) is 0 Å². The van der Waals surface area contributed by atoms with Gasteiger partial charge in [0.05, 0.1) is 5.60 Å². The van der Waals surface area contributed by atoms with E-state index in [0.29, 0.717) is 22.5 Å². The van der Waals surface area contributed by atoms with Crippen LogP contribution in [-0.4, -0.2) is 13.9 Å². The number of aryl methyl sites for hydroxylation is 2. The Morgan fingerprint density at radius 3 is 2.14 bits per heavy atom. The van der Waals surface area contributed by atoms with Gasteiger partial charge in [0.1, 0.15) is 0 Å². The van der Waals surface area contributed by atoms with Gasteiger partial charge < -0.3 is 4.43 Å². The van der Waals surface area contributed by atoms with Crippen molar-refractivity contribution in [2.75, 3.05) is 0 Å². The zero-order valence-corrected chi connectivity index (χ0v) is 21.0. The summed E-state index contributed by atoms with van der Waals surface area (Å²) in [6.07, 6.45) is 6.33. The molecule has 0 radical (unpaired) electrons. The van der Waals surface area contributed by atoms with Crippen LogP contribution in [-0.2, 0) is 16.3 Å². The summed E-state index contributed by atoms with van der Waals surface area (Å²) in [6.45, 7) is 21.9. The van der Waals surface area contributed by atoms with Crippen LogP contribution in [0.4, 0.5) is 0 Å². The molecular formula is C26H44OSi. The number of fused-ring (bicyclic) bond motifs is 3. The minimum absolute atomic E-state index is 0.0134. The van der Waals surface area contributed by atoms with E-state index < -0.39 is 8.32 Å². The number of hydrogen-bond acceptors (Lipinski definition) is 1. The second-order valence-electron chi connectivity index (χ2n) is 11.3. The summed E-state index contributed by atoms with van der Waals surface area (Å²) in [7, 11) is -1.90. The van der Waals surface area contributed by atoms with Gasteiger partial charge in [0.25, 0.3) is 0 Å². The first kappa shape index (κ1) is 22.1. The lowest BCUT2D eigenvalue weighted by Gasteiger charge is -2.59. The van der Waals surface area contributed by atoms with Crippen molar-refractivity contribution >= 4 is 8.32 Å². The van der Waals surface area contributed by atoms with Crippen LogP contribution in [0.3, 0.4) is 0 Å². The third kappa shape index (κ3) is 3.33. The van der Waals surface area contributed by atoms with Crippen LogP contribution in [0.25, 0.3) is 0 Å². The van der Waals surface area contributed by atoms with Gasteiger partial charge in [0.2, 0.25) is 8.32 Å². The molecule has 1 aromatic carbocycles. The molecule has 28 heavy (non-hydrogen) atoms. The first-order chi connectivity index (χ1) is 13.0. The van der Waals surface area contributed by atoms with E-state index in [1.807, 2.05) is 0 Å². The molecule has 0 amide bonds. The Bertz CT molecular complexity index is 685. The monoisotopic (exact) mass is 400 g/mol. The van der Waals surface area contributed by atoms with Gasteiger partial charge in [-0.2, -0.15) is 0 Å². The Kier molecular flexibility index (Phi) is 5.98. The third-order valence-corrected chi connectivity index (χ3v) is 14.8. The highest BCUT2D eigenvalue weighted by atomic mass is 28.4. The topological polar surface area (TPSA) is 9.23 Å². The molecule has 0 heterocycles. The number of benzene rings is 1. The van der Waals surface area contributed by atoms with E-state index in [1.165, 1.54) is 37.7 Å². The standard InChI is InChI=1S/C26H44OSi/c1-18(2)28(19(3)4,20(5)6)27-26(9)16-10-15-25(8)23-17-21(7)11-12-22(23)13-14-24(25)26/h11-12,17-20,24H,10,13-16H2,1-9H3/t24-,25-,26+/m1/s1. The minimum Gasteiger partial charge on any atom is -0.411 e. The fraction of sp³-hybridized carbons (Fsp3) is 0.769. The van der Waals surface area contributed by atoms with Gasteiger partial charge in [0.15, 0.2) is 0 Å². The molecule has 158 valence electrons. The molecule has 2 aliphatic carbocycles. The Morgan fingerprint density at radius 2 is 1.57 bits per heavy atom. The predicted molar refractivity (Wildman–Crippen MR) is 125 cm³/mol. The highest BCUT2D eigenvalue weighted by Crippen LogP contribution is 2.57. The summed E-state index contributed by atoms with van der Waals surface area (Å²) < 4.78 is 7.57. The lowest BCUT2D eigenvalue weighted by Crippen LogP contribution is -2.61. The van der Waals surface area contributed by atoms with Crippen LogP contribution in [0.15, 0.2) is 18.2 Å². The van der Waals surface area contributed by atoms with E-state index in [1.54, 1.807) is 11.1 Å². The SMILES string of the molecule is Cc1ccc2c(c1)[C@@]1(C)CCC[C@](C)(O[Si](C(C)C)(C(C)C)C(C)C)[C@@H]1CC2. The van der Waals surface area contributed by atoms with E-state index in [-0.39, 0.29) is 11.0 Å². The molecule has 0 N–H and O–H groups in total. The molecule has 1 saturated carbocycles. The van der Waals surface area contributed by atoms with Gasteiger partial charge >= 0.3 is 0 Å². The third-order valence-electron chi connectivity index (χ3n) is 8.58. The molecule has 1 aromatic rings. The Balaban J connectivity index is 2.05. The Hall–Kier alpha value is -0.603. The average Bonchev–Trinajstić information content (AvgIpc) is 2.59. The van der Waals surface area contributed by atoms with Crippen molar-refractivity contribution in [2.45, 2.75) is 122 Å². The molecule has 0 spiro atoms. The maximum absolute atomic E-state index is 7.57. The molecule has 0 unspecified atom stereocenters. The van der Waals surface area contributed by atoms with E-state index in [2.05, 4.69) is 80.5 Å². The first-order valence-electron chi connectivity index (χ1n) is 11.8. The molecule has 1 nitrogen and oxygen atoms in total. The zero-order chi connectivity index (χ0) is 20.9. The van der Waals surface area contributed by atoms with Crippen LogP contribution >= 0.6 is 0 Å². The summed E-state index contributed by atoms with van der Waals surface area (Å²) in [5.41, 5.74) is 6.85. The Morgan fingerprint density at radius 1 is 0.964 bits per heavy atom. The molecule has 3 rings (SSSR count). The fourth-order valence-corrected chi connectivity index (χ4v) is 13.2. The quantitative estimate of drug-likeness (QED) is 0.456.